The molecule has 2 heterocycles. The van der Waals surface area contributed by atoms with Crippen LogP contribution in [0.4, 0.5) is 5.00 Å². The first-order chi connectivity index (χ1) is 10.8. The Morgan fingerprint density at radius 1 is 0.864 bits per heavy atom. The average Bonchev–Trinajstić information content (AvgIpc) is 3.12. The Labute approximate surface area is 133 Å². The van der Waals surface area contributed by atoms with Gasteiger partial charge in [0.2, 0.25) is 5.00 Å². The summed E-state index contributed by atoms with van der Waals surface area (Å²) < 4.78 is 2.24. The van der Waals surface area contributed by atoms with Gasteiger partial charge in [-0.25, -0.2) is 4.85 Å². The van der Waals surface area contributed by atoms with Crippen molar-refractivity contribution >= 4 is 69.4 Å². The Morgan fingerprint density at radius 2 is 1.50 bits per heavy atom. The molecule has 100 valence electrons. The van der Waals surface area contributed by atoms with E-state index in [0.717, 1.165) is 51.6 Å². The first kappa shape index (κ1) is 11.9. The molecule has 5 rings (SSSR count). The van der Waals surface area contributed by atoms with Gasteiger partial charge in [0.15, 0.2) is 0 Å². The number of fused-ring (bicyclic) bond motifs is 2. The molecule has 0 saturated heterocycles. The van der Waals surface area contributed by atoms with Gasteiger partial charge in [0.25, 0.3) is 0 Å². The summed E-state index contributed by atoms with van der Waals surface area (Å²) in [5.41, 5.74) is 0. The summed E-state index contributed by atoms with van der Waals surface area (Å²) in [4.78, 5) is 4.51. The van der Waals surface area contributed by atoms with Crippen molar-refractivity contribution in [3.05, 3.63) is 52.7 Å². The number of nitriles is 1. The predicted octanol–water partition coefficient (Wildman–Crippen LogP) is 6.28. The molecule has 2 aromatic heterocycles. The Hall–Kier alpha value is -2.66. The number of hydrogen-bond donors (Lipinski definition) is 0. The van der Waals surface area contributed by atoms with Crippen molar-refractivity contribution in [2.24, 2.45) is 0 Å². The van der Waals surface area contributed by atoms with Crippen LogP contribution in [0.15, 0.2) is 36.4 Å². The van der Waals surface area contributed by atoms with Crippen LogP contribution in [0.2, 0.25) is 0 Å². The highest BCUT2D eigenvalue weighted by atomic mass is 32.1. The van der Waals surface area contributed by atoms with Crippen molar-refractivity contribution in [1.82, 2.24) is 0 Å². The van der Waals surface area contributed by atoms with Crippen molar-refractivity contribution in [3.8, 4) is 6.07 Å². The second kappa shape index (κ2) is 3.96. The molecular formula is C18H6N2S2. The van der Waals surface area contributed by atoms with Crippen molar-refractivity contribution in [2.45, 2.75) is 0 Å². The van der Waals surface area contributed by atoms with Gasteiger partial charge in [-0.1, -0.05) is 24.3 Å². The molecule has 0 amide bonds. The molecule has 0 aliphatic heterocycles. The van der Waals surface area contributed by atoms with Gasteiger partial charge in [-0.15, -0.1) is 11.3 Å². The summed E-state index contributed by atoms with van der Waals surface area (Å²) in [5.74, 6) is 0. The van der Waals surface area contributed by atoms with E-state index in [1.165, 1.54) is 11.3 Å². The minimum absolute atomic E-state index is 0.741. The first-order valence-corrected chi connectivity index (χ1v) is 8.36. The average molecular weight is 314 g/mol. The monoisotopic (exact) mass is 314 g/mol. The van der Waals surface area contributed by atoms with E-state index < -0.39 is 0 Å². The van der Waals surface area contributed by atoms with Crippen LogP contribution in [0.1, 0.15) is 4.88 Å². The number of benzene rings is 3. The fourth-order valence-corrected chi connectivity index (χ4v) is 5.43. The second-order valence-corrected chi connectivity index (χ2v) is 7.25. The molecule has 5 aromatic rings. The van der Waals surface area contributed by atoms with E-state index in [1.54, 1.807) is 11.3 Å². The molecule has 0 fully saturated rings. The van der Waals surface area contributed by atoms with Gasteiger partial charge in [-0.05, 0) is 28.3 Å². The van der Waals surface area contributed by atoms with Crippen molar-refractivity contribution in [1.29, 1.82) is 5.26 Å². The molecule has 0 N–H and O–H groups in total. The molecule has 0 radical (unpaired) electrons. The molecule has 0 aliphatic carbocycles. The Balaban J connectivity index is 2.31. The summed E-state index contributed by atoms with van der Waals surface area (Å²) in [6.07, 6.45) is 0. The lowest BCUT2D eigenvalue weighted by atomic mass is 9.95. The molecule has 0 bridgehead atoms. The van der Waals surface area contributed by atoms with Gasteiger partial charge in [0, 0.05) is 25.6 Å². The van der Waals surface area contributed by atoms with Crippen LogP contribution in [0, 0.1) is 17.9 Å². The Morgan fingerprint density at radius 3 is 2.18 bits per heavy atom. The van der Waals surface area contributed by atoms with Gasteiger partial charge >= 0.3 is 0 Å². The van der Waals surface area contributed by atoms with E-state index in [2.05, 4.69) is 35.2 Å². The highest BCUT2D eigenvalue weighted by molar-refractivity contribution is 7.24. The molecule has 22 heavy (non-hydrogen) atoms. The zero-order valence-electron chi connectivity index (χ0n) is 11.2. The largest absolute Gasteiger partial charge is 0.250 e. The summed E-state index contributed by atoms with van der Waals surface area (Å²) in [6.45, 7) is 7.52. The van der Waals surface area contributed by atoms with Crippen LogP contribution in [0.3, 0.4) is 0 Å². The topological polar surface area (TPSA) is 28.1 Å². The molecule has 0 spiro atoms. The number of nitrogens with zero attached hydrogens (tertiary/aromatic N) is 2. The van der Waals surface area contributed by atoms with E-state index in [0.29, 0.717) is 0 Å². The summed E-state index contributed by atoms with van der Waals surface area (Å²) in [5, 5.41) is 16.8. The number of hydrogen-bond acceptors (Lipinski definition) is 3. The van der Waals surface area contributed by atoms with E-state index in [9.17, 15) is 5.26 Å². The lowest BCUT2D eigenvalue weighted by molar-refractivity contribution is 1.53. The van der Waals surface area contributed by atoms with Crippen molar-refractivity contribution < 1.29 is 0 Å². The van der Waals surface area contributed by atoms with Crippen molar-refractivity contribution in [2.75, 3.05) is 0 Å². The minimum Gasteiger partial charge on any atom is -0.226 e. The highest BCUT2D eigenvalue weighted by Crippen LogP contribution is 2.50. The smallest absolute Gasteiger partial charge is 0.226 e. The minimum atomic E-state index is 0.741. The fourth-order valence-electron chi connectivity index (χ4n) is 3.37. The normalized spacial score (nSPS) is 11.5. The van der Waals surface area contributed by atoms with E-state index in [-0.39, 0.29) is 0 Å². The quantitative estimate of drug-likeness (QED) is 0.244. The summed E-state index contributed by atoms with van der Waals surface area (Å²) >= 11 is 3.08. The second-order valence-electron chi connectivity index (χ2n) is 5.17. The van der Waals surface area contributed by atoms with Gasteiger partial charge in [0.05, 0.1) is 6.57 Å². The van der Waals surface area contributed by atoms with Crippen LogP contribution in [0.5, 0.6) is 0 Å². The molecule has 0 atom stereocenters. The third kappa shape index (κ3) is 1.23. The van der Waals surface area contributed by atoms with Crippen molar-refractivity contribution in [3.63, 3.8) is 0 Å². The maximum absolute atomic E-state index is 9.53. The zero-order valence-corrected chi connectivity index (χ0v) is 12.8. The van der Waals surface area contributed by atoms with Gasteiger partial charge in [-0.2, -0.15) is 16.6 Å². The Kier molecular flexibility index (Phi) is 2.15. The van der Waals surface area contributed by atoms with Crippen LogP contribution < -0.4 is 0 Å². The third-order valence-corrected chi connectivity index (χ3v) is 6.26. The molecule has 0 unspecified atom stereocenters. The lowest BCUT2D eigenvalue weighted by Crippen LogP contribution is -1.80. The van der Waals surface area contributed by atoms with Gasteiger partial charge in [-0.3, -0.25) is 0 Å². The molecular weight excluding hydrogens is 308 g/mol. The van der Waals surface area contributed by atoms with Crippen LogP contribution in [-0.2, 0) is 0 Å². The van der Waals surface area contributed by atoms with Crippen LogP contribution in [0.25, 0.3) is 46.6 Å². The zero-order chi connectivity index (χ0) is 14.8. The third-order valence-electron chi connectivity index (χ3n) is 4.15. The predicted molar refractivity (Wildman–Crippen MR) is 94.4 cm³/mol. The van der Waals surface area contributed by atoms with Gasteiger partial charge in [0.1, 0.15) is 10.9 Å². The molecule has 4 heteroatoms. The number of thiophene rings is 2. The maximum Gasteiger partial charge on any atom is 0.250 e. The van der Waals surface area contributed by atoms with E-state index in [4.69, 9.17) is 6.57 Å². The molecule has 3 aromatic carbocycles. The Bertz CT molecular complexity index is 1190. The standard InChI is InChI=1S/C18H6N2S2/c1-20-18-17-10-5-3-6-11-14(10)16(13(8-19)21-11)9-4-2-7-12(22-18)15(9)17/h2-7H. The highest BCUT2D eigenvalue weighted by Gasteiger charge is 2.21. The fraction of sp³-hybridized carbons (Fsp3) is 0. The molecule has 0 saturated carbocycles. The van der Waals surface area contributed by atoms with Crippen LogP contribution in [-0.4, -0.2) is 0 Å². The SMILES string of the molecule is [C-]#[N+]c1sc2cccc3c4c(C#N)sc5cccc(c1c23)c54. The first-order valence-electron chi connectivity index (χ1n) is 6.73. The van der Waals surface area contributed by atoms with E-state index >= 15 is 0 Å². The van der Waals surface area contributed by atoms with Gasteiger partial charge < -0.3 is 0 Å². The maximum atomic E-state index is 9.53. The number of rotatable bonds is 0. The lowest BCUT2D eigenvalue weighted by Gasteiger charge is -2.06. The molecule has 0 aliphatic rings. The summed E-state index contributed by atoms with van der Waals surface area (Å²) in [6, 6.07) is 14.7. The molecule has 2 nitrogen and oxygen atoms in total. The van der Waals surface area contributed by atoms with Crippen LogP contribution >= 0.6 is 22.7 Å². The summed E-state index contributed by atoms with van der Waals surface area (Å²) in [7, 11) is 0. The van der Waals surface area contributed by atoms with E-state index in [1.807, 2.05) is 12.1 Å².